The van der Waals surface area contributed by atoms with Crippen molar-refractivity contribution in [2.45, 2.75) is 20.6 Å². The molecule has 0 spiro atoms. The van der Waals surface area contributed by atoms with Gasteiger partial charge in [-0.15, -0.1) is 23.2 Å². The molecule has 4 atom stereocenters. The molecule has 2 fully saturated rings. The maximum Gasteiger partial charge on any atom is 0.282 e. The predicted molar refractivity (Wildman–Crippen MR) is 145 cm³/mol. The summed E-state index contributed by atoms with van der Waals surface area (Å²) in [6, 6.07) is 9.76. The average Bonchev–Trinajstić information content (AvgIpc) is 3.30. The van der Waals surface area contributed by atoms with Gasteiger partial charge in [0.15, 0.2) is 4.33 Å². The Hall–Kier alpha value is -2.67. The van der Waals surface area contributed by atoms with E-state index in [1.165, 1.54) is 24.3 Å². The lowest BCUT2D eigenvalue weighted by atomic mass is 9.84. The highest BCUT2D eigenvalue weighted by atomic mass is 35.5. The fourth-order valence-corrected chi connectivity index (χ4v) is 8.23. The van der Waals surface area contributed by atoms with Crippen molar-refractivity contribution in [2.75, 3.05) is 0 Å². The lowest BCUT2D eigenvalue weighted by molar-refractivity contribution is -0.385. The van der Waals surface area contributed by atoms with Crippen LogP contribution in [0.2, 0.25) is 0 Å². The summed E-state index contributed by atoms with van der Waals surface area (Å²) < 4.78 is -2.21. The molecule has 1 saturated carbocycles. The molecule has 0 unspecified atom stereocenters. The number of imide groups is 1. The third-order valence-electron chi connectivity index (χ3n) is 7.17. The van der Waals surface area contributed by atoms with E-state index < -0.39 is 71.3 Å². The normalized spacial score (nSPS) is 28.2. The minimum atomic E-state index is -2.21. The van der Waals surface area contributed by atoms with Gasteiger partial charge in [-0.25, -0.2) is 5.01 Å². The number of carbonyl (C=O) groups excluding carboxylic acids is 3. The summed E-state index contributed by atoms with van der Waals surface area (Å²) in [6.45, 7) is -0.522. The SMILES string of the molecule is O=C(c1ccccc1[N+](=O)[O-])N(Cc1ccc([N+](=O)[O-])cc1)N1C(=O)[C@H]2[C@H](C1=O)[C@@]1(Cl)C(Cl)=C(Cl)[C@@]2(Cl)C1(Cl)Cl. The second-order valence-electron chi connectivity index (χ2n) is 9.13. The zero-order valence-corrected chi connectivity index (χ0v) is 23.9. The molecule has 2 bridgehead atoms. The van der Waals surface area contributed by atoms with Gasteiger partial charge in [-0.1, -0.05) is 70.7 Å². The van der Waals surface area contributed by atoms with Crippen LogP contribution in [-0.2, 0) is 16.1 Å². The van der Waals surface area contributed by atoms with Gasteiger partial charge in [0.1, 0.15) is 15.3 Å². The summed E-state index contributed by atoms with van der Waals surface area (Å²) in [5.74, 6) is -6.37. The van der Waals surface area contributed by atoms with E-state index in [4.69, 9.17) is 69.6 Å². The van der Waals surface area contributed by atoms with Crippen LogP contribution in [0.4, 0.5) is 11.4 Å². The molecule has 2 aromatic rings. The van der Waals surface area contributed by atoms with Crippen LogP contribution in [0.3, 0.4) is 0 Å². The first-order valence-corrected chi connectivity index (χ1v) is 13.4. The fourth-order valence-electron chi connectivity index (χ4n) is 5.30. The van der Waals surface area contributed by atoms with Crippen LogP contribution in [0.1, 0.15) is 15.9 Å². The Bertz CT molecular complexity index is 1520. The number of nitro benzene ring substituents is 2. The maximum atomic E-state index is 13.9. The van der Waals surface area contributed by atoms with Crippen molar-refractivity contribution in [1.29, 1.82) is 0 Å². The molecule has 0 radical (unpaired) electrons. The molecule has 0 N–H and O–H groups in total. The second kappa shape index (κ2) is 9.43. The summed E-state index contributed by atoms with van der Waals surface area (Å²) >= 11 is 39.2. The number of halogens is 6. The number of amides is 3. The van der Waals surface area contributed by atoms with Crippen molar-refractivity contribution in [3.8, 4) is 0 Å². The quantitative estimate of drug-likeness (QED) is 0.171. The number of alkyl halides is 4. The number of benzene rings is 2. The number of fused-ring (bicyclic) bond motifs is 5. The smallest absolute Gasteiger partial charge is 0.272 e. The first-order chi connectivity index (χ1) is 18.6. The Morgan fingerprint density at radius 3 is 1.82 bits per heavy atom. The first-order valence-electron chi connectivity index (χ1n) is 11.1. The van der Waals surface area contributed by atoms with E-state index in [0.717, 1.165) is 24.3 Å². The number of allylic oxidation sites excluding steroid dienone is 2. The predicted octanol–water partition coefficient (Wildman–Crippen LogP) is 5.51. The number of hydrogen-bond donors (Lipinski definition) is 0. The summed E-state index contributed by atoms with van der Waals surface area (Å²) in [7, 11) is 0. The minimum absolute atomic E-state index is 0.234. The van der Waals surface area contributed by atoms with E-state index >= 15 is 0 Å². The highest BCUT2D eigenvalue weighted by molar-refractivity contribution is 6.66. The van der Waals surface area contributed by atoms with Crippen LogP contribution in [0.15, 0.2) is 58.6 Å². The number of nitrogens with zero attached hydrogens (tertiary/aromatic N) is 4. The molecule has 40 heavy (non-hydrogen) atoms. The number of non-ortho nitro benzene ring substituents is 1. The Balaban J connectivity index is 1.63. The average molecular weight is 669 g/mol. The monoisotopic (exact) mass is 666 g/mol. The molecular formula is C23H12Cl6N4O7. The van der Waals surface area contributed by atoms with Crippen molar-refractivity contribution >= 4 is 98.7 Å². The van der Waals surface area contributed by atoms with Crippen LogP contribution in [-0.4, -0.2) is 51.7 Å². The highest BCUT2D eigenvalue weighted by Crippen LogP contribution is 2.77. The zero-order chi connectivity index (χ0) is 29.5. The van der Waals surface area contributed by atoms with E-state index in [1.807, 2.05) is 0 Å². The first kappa shape index (κ1) is 28.8. The van der Waals surface area contributed by atoms with Gasteiger partial charge in [-0.3, -0.25) is 34.6 Å². The van der Waals surface area contributed by atoms with Crippen LogP contribution in [0.25, 0.3) is 0 Å². The van der Waals surface area contributed by atoms with Crippen LogP contribution < -0.4 is 0 Å². The van der Waals surface area contributed by atoms with E-state index in [-0.39, 0.29) is 21.3 Å². The van der Waals surface area contributed by atoms with Gasteiger partial charge in [0.2, 0.25) is 0 Å². The Kier molecular flexibility index (Phi) is 6.80. The summed E-state index contributed by atoms with van der Waals surface area (Å²) in [5.41, 5.74) is -1.08. The van der Waals surface area contributed by atoms with Crippen molar-refractivity contribution < 1.29 is 24.2 Å². The van der Waals surface area contributed by atoms with Crippen molar-refractivity contribution in [3.05, 3.63) is 90.0 Å². The topological polar surface area (TPSA) is 144 Å². The maximum absolute atomic E-state index is 13.9. The molecule has 2 aliphatic carbocycles. The van der Waals surface area contributed by atoms with Gasteiger partial charge < -0.3 is 0 Å². The number of nitro groups is 2. The van der Waals surface area contributed by atoms with Gasteiger partial charge in [0, 0.05) is 18.2 Å². The van der Waals surface area contributed by atoms with Crippen LogP contribution in [0, 0.1) is 32.1 Å². The van der Waals surface area contributed by atoms with Gasteiger partial charge in [-0.05, 0) is 11.6 Å². The number of carbonyl (C=O) groups is 3. The number of rotatable bonds is 6. The minimum Gasteiger partial charge on any atom is -0.272 e. The molecule has 208 valence electrons. The molecule has 1 saturated heterocycles. The summed E-state index contributed by atoms with van der Waals surface area (Å²) in [5, 5.41) is 23.2. The van der Waals surface area contributed by atoms with E-state index in [1.54, 1.807) is 0 Å². The van der Waals surface area contributed by atoms with Gasteiger partial charge in [-0.2, -0.15) is 5.01 Å². The molecule has 2 aromatic carbocycles. The Morgan fingerprint density at radius 2 is 1.35 bits per heavy atom. The molecule has 0 aromatic heterocycles. The lowest BCUT2D eigenvalue weighted by Gasteiger charge is -2.37. The molecule has 11 nitrogen and oxygen atoms in total. The van der Waals surface area contributed by atoms with Crippen molar-refractivity contribution in [2.24, 2.45) is 11.8 Å². The highest BCUT2D eigenvalue weighted by Gasteiger charge is 2.88. The van der Waals surface area contributed by atoms with Gasteiger partial charge in [0.25, 0.3) is 29.1 Å². The van der Waals surface area contributed by atoms with Gasteiger partial charge >= 0.3 is 0 Å². The zero-order valence-electron chi connectivity index (χ0n) is 19.4. The van der Waals surface area contributed by atoms with Crippen LogP contribution >= 0.6 is 69.6 Å². The third kappa shape index (κ3) is 3.55. The number of hydrazine groups is 1. The Labute approximate surface area is 254 Å². The standard InChI is InChI=1S/C23H12Cl6N4O7/c24-16-17(25)22(27)15-14(21(16,26)23(22,28)29)19(35)31(20(15)36)30(9-10-5-7-11(8-6-10)32(37)38)18(34)12-3-1-2-4-13(12)33(39)40/h1-8,14-15H,9H2/t14-,15-,21-,22-/m1/s1. The summed E-state index contributed by atoms with van der Waals surface area (Å²) in [4.78, 5) is 58.6. The molecule has 3 amide bonds. The molecule has 1 aliphatic heterocycles. The summed E-state index contributed by atoms with van der Waals surface area (Å²) in [6.07, 6.45) is 0. The molecule has 5 rings (SSSR count). The number of hydrogen-bond acceptors (Lipinski definition) is 7. The second-order valence-corrected chi connectivity index (χ2v) is 12.4. The van der Waals surface area contributed by atoms with Gasteiger partial charge in [0.05, 0.1) is 38.3 Å². The van der Waals surface area contributed by atoms with E-state index in [0.29, 0.717) is 10.0 Å². The Morgan fingerprint density at radius 1 is 0.850 bits per heavy atom. The molecule has 1 heterocycles. The fraction of sp³-hybridized carbons (Fsp3) is 0.261. The van der Waals surface area contributed by atoms with Crippen LogP contribution in [0.5, 0.6) is 0 Å². The third-order valence-corrected chi connectivity index (χ3v) is 11.4. The lowest BCUT2D eigenvalue weighted by Crippen LogP contribution is -2.55. The molecule has 17 heteroatoms. The van der Waals surface area contributed by atoms with E-state index in [9.17, 15) is 34.6 Å². The molecular weight excluding hydrogens is 657 g/mol. The molecule has 3 aliphatic rings. The van der Waals surface area contributed by atoms with Crippen molar-refractivity contribution in [3.63, 3.8) is 0 Å². The number of para-hydroxylation sites is 1. The largest absolute Gasteiger partial charge is 0.282 e. The van der Waals surface area contributed by atoms with Crippen molar-refractivity contribution in [1.82, 2.24) is 10.0 Å². The van der Waals surface area contributed by atoms with E-state index in [2.05, 4.69) is 0 Å².